The lowest BCUT2D eigenvalue weighted by molar-refractivity contribution is -0.189. The summed E-state index contributed by atoms with van der Waals surface area (Å²) in [5, 5.41) is 0. The van der Waals surface area contributed by atoms with Crippen LogP contribution in [-0.4, -0.2) is 36.2 Å². The molecule has 0 heterocycles. The van der Waals surface area contributed by atoms with E-state index in [0.717, 1.165) is 12.8 Å². The number of rotatable bonds is 5. The Kier molecular flexibility index (Phi) is 5.59. The van der Waals surface area contributed by atoms with Crippen LogP contribution in [0, 0.1) is 0 Å². The zero-order valence-corrected chi connectivity index (χ0v) is 9.80. The normalized spacial score (nSPS) is 19.0. The molecule has 2 N–H and O–H groups in total. The lowest BCUT2D eigenvalue weighted by Gasteiger charge is -2.36. The van der Waals surface area contributed by atoms with Crippen LogP contribution in [0.5, 0.6) is 0 Å². The highest BCUT2D eigenvalue weighted by Gasteiger charge is 2.45. The third-order valence-electron chi connectivity index (χ3n) is 2.67. The van der Waals surface area contributed by atoms with Crippen LogP contribution in [0.4, 0.5) is 13.2 Å². The first-order valence-corrected chi connectivity index (χ1v) is 5.26. The maximum Gasteiger partial charge on any atom is 0.405 e. The number of hydrogen-bond donors (Lipinski definition) is 1. The van der Waals surface area contributed by atoms with Gasteiger partial charge in [0.2, 0.25) is 0 Å². The molecule has 0 saturated heterocycles. The van der Waals surface area contributed by atoms with E-state index >= 15 is 0 Å². The van der Waals surface area contributed by atoms with Crippen LogP contribution in [0.3, 0.4) is 0 Å². The van der Waals surface area contributed by atoms with Crippen molar-refractivity contribution in [3.05, 3.63) is 0 Å². The zero-order chi connectivity index (χ0) is 12.2. The minimum Gasteiger partial charge on any atom is -0.326 e. The highest BCUT2D eigenvalue weighted by Crippen LogP contribution is 2.27. The molecule has 0 spiro atoms. The first-order chi connectivity index (χ1) is 6.71. The van der Waals surface area contributed by atoms with Gasteiger partial charge in [-0.1, -0.05) is 13.3 Å². The summed E-state index contributed by atoms with van der Waals surface area (Å²) in [6.45, 7) is 5.15. The number of nitrogens with zero attached hydrogens (tertiary/aromatic N) is 1. The van der Waals surface area contributed by atoms with E-state index in [1.54, 1.807) is 6.92 Å². The molecule has 0 amide bonds. The molecule has 0 aliphatic heterocycles. The Morgan fingerprint density at radius 2 is 1.73 bits per heavy atom. The topological polar surface area (TPSA) is 29.3 Å². The van der Waals surface area contributed by atoms with Crippen LogP contribution in [-0.2, 0) is 0 Å². The summed E-state index contributed by atoms with van der Waals surface area (Å²) in [5.41, 5.74) is 5.40. The second-order valence-corrected chi connectivity index (χ2v) is 4.15. The second kappa shape index (κ2) is 5.70. The molecule has 5 heteroatoms. The van der Waals surface area contributed by atoms with Crippen molar-refractivity contribution in [3.8, 4) is 0 Å². The van der Waals surface area contributed by atoms with Crippen LogP contribution in [0.25, 0.3) is 0 Å². The Morgan fingerprint density at radius 1 is 1.27 bits per heavy atom. The summed E-state index contributed by atoms with van der Waals surface area (Å²) in [4.78, 5) is 1.33. The molecule has 3 unspecified atom stereocenters. The third-order valence-corrected chi connectivity index (χ3v) is 2.67. The average molecular weight is 226 g/mol. The Labute approximate surface area is 89.6 Å². The van der Waals surface area contributed by atoms with E-state index in [1.807, 2.05) is 6.92 Å². The molecule has 0 aromatic heterocycles. The zero-order valence-electron chi connectivity index (χ0n) is 9.80. The van der Waals surface area contributed by atoms with Crippen LogP contribution < -0.4 is 5.73 Å². The van der Waals surface area contributed by atoms with E-state index in [-0.39, 0.29) is 6.04 Å². The maximum atomic E-state index is 12.7. The fourth-order valence-corrected chi connectivity index (χ4v) is 1.80. The van der Waals surface area contributed by atoms with Gasteiger partial charge in [0.25, 0.3) is 0 Å². The molecule has 0 radical (unpaired) electrons. The van der Waals surface area contributed by atoms with Gasteiger partial charge >= 0.3 is 6.18 Å². The van der Waals surface area contributed by atoms with Gasteiger partial charge in [-0.3, -0.25) is 4.90 Å². The molecule has 0 aliphatic rings. The summed E-state index contributed by atoms with van der Waals surface area (Å²) in [5.74, 6) is 0. The lowest BCUT2D eigenvalue weighted by Crippen LogP contribution is -2.56. The molecule has 0 aliphatic carbocycles. The van der Waals surface area contributed by atoms with Crippen molar-refractivity contribution in [1.29, 1.82) is 0 Å². The minimum absolute atomic E-state index is 0.104. The highest BCUT2D eigenvalue weighted by atomic mass is 19.4. The first kappa shape index (κ1) is 14.7. The van der Waals surface area contributed by atoms with Crippen molar-refractivity contribution in [2.45, 2.75) is 57.9 Å². The molecule has 2 nitrogen and oxygen atoms in total. The van der Waals surface area contributed by atoms with Crippen molar-refractivity contribution >= 4 is 0 Å². The predicted octanol–water partition coefficient (Wildman–Crippen LogP) is 2.38. The van der Waals surface area contributed by atoms with Gasteiger partial charge in [0.1, 0.15) is 6.04 Å². The van der Waals surface area contributed by atoms with Crippen molar-refractivity contribution in [1.82, 2.24) is 4.90 Å². The predicted molar refractivity (Wildman–Crippen MR) is 55.6 cm³/mol. The summed E-state index contributed by atoms with van der Waals surface area (Å²) in [6, 6.07) is -2.57. The van der Waals surface area contributed by atoms with Crippen molar-refractivity contribution in [3.63, 3.8) is 0 Å². The molecular weight excluding hydrogens is 205 g/mol. The fourth-order valence-electron chi connectivity index (χ4n) is 1.80. The molecule has 0 fully saturated rings. The quantitative estimate of drug-likeness (QED) is 0.780. The molecule has 0 saturated carbocycles. The van der Waals surface area contributed by atoms with E-state index in [0.29, 0.717) is 0 Å². The summed E-state index contributed by atoms with van der Waals surface area (Å²) < 4.78 is 38.1. The van der Waals surface area contributed by atoms with Gasteiger partial charge < -0.3 is 5.73 Å². The van der Waals surface area contributed by atoms with Crippen molar-refractivity contribution in [2.24, 2.45) is 5.73 Å². The Hall–Kier alpha value is -0.290. The van der Waals surface area contributed by atoms with Crippen molar-refractivity contribution in [2.75, 3.05) is 7.05 Å². The van der Waals surface area contributed by atoms with Gasteiger partial charge in [-0.25, -0.2) is 0 Å². The van der Waals surface area contributed by atoms with Crippen LogP contribution in [0.1, 0.15) is 33.6 Å². The Balaban J connectivity index is 4.63. The summed E-state index contributed by atoms with van der Waals surface area (Å²) >= 11 is 0. The lowest BCUT2D eigenvalue weighted by atomic mass is 10.1. The average Bonchev–Trinajstić information content (AvgIpc) is 2.00. The van der Waals surface area contributed by atoms with E-state index in [1.165, 1.54) is 18.9 Å². The molecular formula is C10H21F3N2. The minimum atomic E-state index is -4.26. The number of likely N-dealkylation sites (N-methyl/N-ethyl adjacent to an activating group) is 1. The van der Waals surface area contributed by atoms with E-state index < -0.39 is 18.3 Å². The molecule has 0 rings (SSSR count). The molecule has 3 atom stereocenters. The van der Waals surface area contributed by atoms with E-state index in [9.17, 15) is 13.2 Å². The standard InChI is InChI=1S/C10H21F3N2/c1-5-6-7(2)15(4)9(8(3)14)10(11,12)13/h7-9H,5-6,14H2,1-4H3. The number of alkyl halides is 3. The van der Waals surface area contributed by atoms with Gasteiger partial charge in [0.05, 0.1) is 0 Å². The summed E-state index contributed by atoms with van der Waals surface area (Å²) in [6.07, 6.45) is -2.64. The largest absolute Gasteiger partial charge is 0.405 e. The van der Waals surface area contributed by atoms with Crippen LogP contribution in [0.2, 0.25) is 0 Å². The Bertz CT molecular complexity index is 180. The van der Waals surface area contributed by atoms with Gasteiger partial charge in [0, 0.05) is 12.1 Å². The van der Waals surface area contributed by atoms with Gasteiger partial charge in [-0.15, -0.1) is 0 Å². The van der Waals surface area contributed by atoms with E-state index in [4.69, 9.17) is 5.73 Å². The highest BCUT2D eigenvalue weighted by molar-refractivity contribution is 4.86. The molecule has 15 heavy (non-hydrogen) atoms. The SMILES string of the molecule is CCCC(C)N(C)C(C(C)N)C(F)(F)F. The van der Waals surface area contributed by atoms with E-state index in [2.05, 4.69) is 0 Å². The maximum absolute atomic E-state index is 12.7. The van der Waals surface area contributed by atoms with Crippen LogP contribution >= 0.6 is 0 Å². The van der Waals surface area contributed by atoms with Crippen molar-refractivity contribution < 1.29 is 13.2 Å². The number of hydrogen-bond acceptors (Lipinski definition) is 2. The third kappa shape index (κ3) is 4.38. The van der Waals surface area contributed by atoms with Gasteiger partial charge in [-0.2, -0.15) is 13.2 Å². The number of halogens is 3. The second-order valence-electron chi connectivity index (χ2n) is 4.15. The molecule has 0 aromatic carbocycles. The molecule has 92 valence electrons. The molecule has 0 aromatic rings. The van der Waals surface area contributed by atoms with Gasteiger partial charge in [0.15, 0.2) is 0 Å². The van der Waals surface area contributed by atoms with Crippen LogP contribution in [0.15, 0.2) is 0 Å². The molecule has 0 bridgehead atoms. The first-order valence-electron chi connectivity index (χ1n) is 5.26. The fraction of sp³-hybridized carbons (Fsp3) is 1.00. The Morgan fingerprint density at radius 3 is 2.00 bits per heavy atom. The smallest absolute Gasteiger partial charge is 0.326 e. The number of nitrogens with two attached hydrogens (primary N) is 1. The monoisotopic (exact) mass is 226 g/mol. The summed E-state index contributed by atoms with van der Waals surface area (Å²) in [7, 11) is 1.49. The van der Waals surface area contributed by atoms with Gasteiger partial charge in [-0.05, 0) is 27.3 Å².